The molecule has 158 valence electrons. The van der Waals surface area contributed by atoms with Gasteiger partial charge in [-0.2, -0.15) is 0 Å². The van der Waals surface area contributed by atoms with Crippen molar-refractivity contribution in [2.75, 3.05) is 18.8 Å². The van der Waals surface area contributed by atoms with Gasteiger partial charge in [-0.3, -0.25) is 4.79 Å². The number of fused-ring (bicyclic) bond motifs is 1. The summed E-state index contributed by atoms with van der Waals surface area (Å²) >= 11 is 0. The largest absolute Gasteiger partial charge is 0.440 e. The van der Waals surface area contributed by atoms with E-state index in [-0.39, 0.29) is 17.9 Å². The fraction of sp³-hybridized carbons (Fsp3) is 0.619. The Morgan fingerprint density at radius 1 is 1.21 bits per heavy atom. The van der Waals surface area contributed by atoms with Crippen molar-refractivity contribution in [2.45, 2.75) is 57.4 Å². The monoisotopic (exact) mass is 419 g/mol. The van der Waals surface area contributed by atoms with Crippen LogP contribution < -0.4 is 4.72 Å². The van der Waals surface area contributed by atoms with Gasteiger partial charge >= 0.3 is 0 Å². The number of amides is 1. The van der Waals surface area contributed by atoms with Crippen LogP contribution in [0.5, 0.6) is 0 Å². The molecule has 2 fully saturated rings. The molecule has 29 heavy (non-hydrogen) atoms. The molecule has 1 aliphatic carbocycles. The number of aromatic nitrogens is 1. The van der Waals surface area contributed by atoms with Gasteiger partial charge < -0.3 is 9.32 Å². The maximum Gasteiger partial charge on any atom is 0.239 e. The third-order valence-electron chi connectivity index (χ3n) is 6.11. The maximum atomic E-state index is 12.7. The number of nitrogens with zero attached hydrogens (tertiary/aromatic N) is 2. The van der Waals surface area contributed by atoms with Crippen LogP contribution in [0, 0.1) is 5.92 Å². The maximum absolute atomic E-state index is 12.7. The second-order valence-corrected chi connectivity index (χ2v) is 10.3. The molecule has 2 aromatic rings. The normalized spacial score (nSPS) is 26.0. The van der Waals surface area contributed by atoms with E-state index in [9.17, 15) is 13.2 Å². The molecule has 1 aliphatic heterocycles. The zero-order chi connectivity index (χ0) is 20.4. The summed E-state index contributed by atoms with van der Waals surface area (Å²) in [5.74, 6) is 0.438. The number of hydrogen-bond acceptors (Lipinski definition) is 5. The molecule has 1 aromatic heterocycles. The van der Waals surface area contributed by atoms with Crippen LogP contribution >= 0.6 is 0 Å². The minimum atomic E-state index is -3.63. The van der Waals surface area contributed by atoms with Gasteiger partial charge in [-0.25, -0.2) is 18.1 Å². The summed E-state index contributed by atoms with van der Waals surface area (Å²) in [6.45, 7) is 3.21. The van der Waals surface area contributed by atoms with Crippen LogP contribution in [0.15, 0.2) is 28.7 Å². The van der Waals surface area contributed by atoms with E-state index in [1.807, 2.05) is 24.3 Å². The van der Waals surface area contributed by atoms with Gasteiger partial charge in [-0.1, -0.05) is 19.1 Å². The van der Waals surface area contributed by atoms with E-state index < -0.39 is 15.8 Å². The molecule has 1 aromatic carbocycles. The Morgan fingerprint density at radius 3 is 2.72 bits per heavy atom. The lowest BCUT2D eigenvalue weighted by atomic mass is 9.88. The van der Waals surface area contributed by atoms with Gasteiger partial charge in [0.15, 0.2) is 11.5 Å². The number of likely N-dealkylation sites (tertiary alicyclic amines) is 1. The minimum absolute atomic E-state index is 0.00408. The van der Waals surface area contributed by atoms with Crippen LogP contribution in [-0.2, 0) is 14.8 Å². The molecule has 8 heteroatoms. The molecule has 1 unspecified atom stereocenters. The molecular weight excluding hydrogens is 390 g/mol. The molecule has 1 saturated heterocycles. The van der Waals surface area contributed by atoms with Gasteiger partial charge in [0.2, 0.25) is 15.9 Å². The van der Waals surface area contributed by atoms with E-state index in [4.69, 9.17) is 4.42 Å². The van der Waals surface area contributed by atoms with E-state index in [1.54, 1.807) is 4.90 Å². The van der Waals surface area contributed by atoms with E-state index >= 15 is 0 Å². The predicted molar refractivity (Wildman–Crippen MR) is 111 cm³/mol. The van der Waals surface area contributed by atoms with Crippen molar-refractivity contribution in [1.82, 2.24) is 14.6 Å². The number of nitrogens with one attached hydrogen (secondary N) is 1. The van der Waals surface area contributed by atoms with E-state index in [0.717, 1.165) is 49.6 Å². The molecular formula is C21H29N3O4S. The van der Waals surface area contributed by atoms with Crippen LogP contribution in [0.3, 0.4) is 0 Å². The number of rotatable bonds is 5. The van der Waals surface area contributed by atoms with Gasteiger partial charge in [0, 0.05) is 19.1 Å². The van der Waals surface area contributed by atoms with Crippen molar-refractivity contribution in [3.63, 3.8) is 0 Å². The van der Waals surface area contributed by atoms with E-state index in [0.29, 0.717) is 24.9 Å². The third-order valence-corrected chi connectivity index (χ3v) is 7.43. The Morgan fingerprint density at radius 2 is 1.97 bits per heavy atom. The van der Waals surface area contributed by atoms with Crippen LogP contribution in [0.1, 0.15) is 57.3 Å². The van der Waals surface area contributed by atoms with Crippen molar-refractivity contribution in [3.8, 4) is 0 Å². The number of benzene rings is 1. The highest BCUT2D eigenvalue weighted by Crippen LogP contribution is 2.29. The lowest BCUT2D eigenvalue weighted by Crippen LogP contribution is -2.46. The Balaban J connectivity index is 1.36. The van der Waals surface area contributed by atoms with Crippen molar-refractivity contribution >= 4 is 27.0 Å². The zero-order valence-electron chi connectivity index (χ0n) is 16.8. The first-order valence-electron chi connectivity index (χ1n) is 10.5. The van der Waals surface area contributed by atoms with Crippen LogP contribution in [0.4, 0.5) is 0 Å². The summed E-state index contributed by atoms with van der Waals surface area (Å²) in [5.41, 5.74) is 1.54. The second-order valence-electron chi connectivity index (χ2n) is 8.53. The molecule has 1 atom stereocenters. The number of hydrogen-bond donors (Lipinski definition) is 1. The summed E-state index contributed by atoms with van der Waals surface area (Å²) < 4.78 is 33.6. The van der Waals surface area contributed by atoms with Crippen molar-refractivity contribution < 1.29 is 17.6 Å². The fourth-order valence-electron chi connectivity index (χ4n) is 4.40. The average Bonchev–Trinajstić information content (AvgIpc) is 3.14. The van der Waals surface area contributed by atoms with Crippen molar-refractivity contribution in [2.24, 2.45) is 5.92 Å². The lowest BCUT2D eigenvalue weighted by Gasteiger charge is -2.31. The minimum Gasteiger partial charge on any atom is -0.440 e. The standard InChI is InChI=1S/C21H29N3O4S/c1-15-8-10-17(11-9-15)23-29(26,27)14-20(25)24-12-4-5-16(13-24)21-22-18-6-2-3-7-19(18)28-21/h2-3,6-7,15-17,23H,4-5,8-14H2,1H3. The SMILES string of the molecule is CC1CCC(NS(=O)(=O)CC(=O)N2CCCC(c3nc4ccccc4o3)C2)CC1. The molecule has 0 radical (unpaired) electrons. The van der Waals surface area contributed by atoms with Crippen LogP contribution in [-0.4, -0.2) is 49.1 Å². The van der Waals surface area contributed by atoms with Crippen LogP contribution in [0.2, 0.25) is 0 Å². The summed E-state index contributed by atoms with van der Waals surface area (Å²) in [5, 5.41) is 0. The molecule has 0 bridgehead atoms. The molecule has 4 rings (SSSR count). The second kappa shape index (κ2) is 8.44. The number of carbonyl (C=O) groups excluding carboxylic acids is 1. The molecule has 1 amide bonds. The fourth-order valence-corrected chi connectivity index (χ4v) is 5.73. The first-order chi connectivity index (χ1) is 13.9. The molecule has 2 heterocycles. The Hall–Kier alpha value is -1.93. The van der Waals surface area contributed by atoms with Gasteiger partial charge in [0.05, 0.1) is 5.92 Å². The lowest BCUT2D eigenvalue weighted by molar-refractivity contribution is -0.129. The predicted octanol–water partition coefficient (Wildman–Crippen LogP) is 3.03. The summed E-state index contributed by atoms with van der Waals surface area (Å²) in [6.07, 6.45) is 5.43. The highest BCUT2D eigenvalue weighted by Gasteiger charge is 2.31. The highest BCUT2D eigenvalue weighted by molar-refractivity contribution is 7.90. The smallest absolute Gasteiger partial charge is 0.239 e. The average molecular weight is 420 g/mol. The summed E-state index contributed by atoms with van der Waals surface area (Å²) in [4.78, 5) is 18.9. The quantitative estimate of drug-likeness (QED) is 0.804. The van der Waals surface area contributed by atoms with Crippen molar-refractivity contribution in [1.29, 1.82) is 0 Å². The number of para-hydroxylation sites is 2. The first kappa shape index (κ1) is 20.3. The highest BCUT2D eigenvalue weighted by atomic mass is 32.2. The number of carbonyl (C=O) groups is 1. The number of piperidine rings is 1. The Bertz CT molecular complexity index is 930. The topological polar surface area (TPSA) is 92.5 Å². The third kappa shape index (κ3) is 4.98. The van der Waals surface area contributed by atoms with Crippen LogP contribution in [0.25, 0.3) is 11.1 Å². The van der Waals surface area contributed by atoms with E-state index in [1.165, 1.54) is 0 Å². The summed E-state index contributed by atoms with van der Waals surface area (Å²) in [6, 6.07) is 7.55. The molecule has 0 spiro atoms. The van der Waals surface area contributed by atoms with Crippen molar-refractivity contribution in [3.05, 3.63) is 30.2 Å². The molecule has 7 nitrogen and oxygen atoms in total. The molecule has 2 aliphatic rings. The van der Waals surface area contributed by atoms with Gasteiger partial charge in [-0.05, 0) is 56.6 Å². The first-order valence-corrected chi connectivity index (χ1v) is 12.2. The Labute approximate surface area is 171 Å². The molecule has 1 saturated carbocycles. The Kier molecular flexibility index (Phi) is 5.92. The van der Waals surface area contributed by atoms with E-state index in [2.05, 4.69) is 16.6 Å². The number of oxazole rings is 1. The van der Waals surface area contributed by atoms with Gasteiger partial charge in [-0.15, -0.1) is 0 Å². The zero-order valence-corrected chi connectivity index (χ0v) is 17.7. The molecule has 1 N–H and O–H groups in total. The van der Waals surface area contributed by atoms with Gasteiger partial charge in [0.1, 0.15) is 11.3 Å². The van der Waals surface area contributed by atoms with Gasteiger partial charge in [0.25, 0.3) is 0 Å². The summed E-state index contributed by atoms with van der Waals surface area (Å²) in [7, 11) is -3.63. The number of sulfonamides is 1.